The number of rotatable bonds is 1. The molecule has 0 unspecified atom stereocenters. The Morgan fingerprint density at radius 2 is 2.09 bits per heavy atom. The number of hydrogen-bond acceptors (Lipinski definition) is 2. The van der Waals surface area contributed by atoms with Gasteiger partial charge in [-0.1, -0.05) is 13.8 Å². The van der Waals surface area contributed by atoms with Crippen LogP contribution in [0.5, 0.6) is 0 Å². The van der Waals surface area contributed by atoms with E-state index in [0.717, 1.165) is 10.2 Å². The van der Waals surface area contributed by atoms with Crippen molar-refractivity contribution in [3.05, 3.63) is 10.2 Å². The fourth-order valence-corrected chi connectivity index (χ4v) is 1.95. The van der Waals surface area contributed by atoms with Crippen LogP contribution in [-0.2, 0) is 7.05 Å². The smallest absolute Gasteiger partial charge is 0.160 e. The monoisotopic (exact) mass is 217 g/mol. The average Bonchev–Trinajstić information content (AvgIpc) is 2.07. The second kappa shape index (κ2) is 2.85. The summed E-state index contributed by atoms with van der Waals surface area (Å²) in [4.78, 5) is 0. The first kappa shape index (κ1) is 8.59. The number of nitrogens with two attached hydrogens (primary N) is 1. The molecule has 1 aromatic rings. The van der Waals surface area contributed by atoms with Crippen molar-refractivity contribution in [1.82, 2.24) is 9.78 Å². The third kappa shape index (κ3) is 1.40. The summed E-state index contributed by atoms with van der Waals surface area (Å²) in [6.45, 7) is 4.22. The first-order valence-corrected chi connectivity index (χ1v) is 4.31. The lowest BCUT2D eigenvalue weighted by Crippen LogP contribution is -1.99. The molecule has 62 valence electrons. The van der Waals surface area contributed by atoms with Gasteiger partial charge in [-0.15, -0.1) is 0 Å². The van der Waals surface area contributed by atoms with E-state index in [1.54, 1.807) is 0 Å². The number of nitrogen functional groups attached to an aromatic ring is 1. The largest absolute Gasteiger partial charge is 0.381 e. The first-order chi connectivity index (χ1) is 5.04. The van der Waals surface area contributed by atoms with Crippen LogP contribution in [0.1, 0.15) is 25.5 Å². The van der Waals surface area contributed by atoms with Gasteiger partial charge in [0.15, 0.2) is 5.82 Å². The molecule has 0 fully saturated rings. The second-order valence-corrected chi connectivity index (χ2v) is 3.66. The molecule has 4 heteroatoms. The fraction of sp³-hybridized carbons (Fsp3) is 0.571. The summed E-state index contributed by atoms with van der Waals surface area (Å²) in [6, 6.07) is 0. The van der Waals surface area contributed by atoms with Crippen LogP contribution >= 0.6 is 15.9 Å². The molecule has 0 saturated carbocycles. The van der Waals surface area contributed by atoms with E-state index in [9.17, 15) is 0 Å². The molecule has 1 heterocycles. The van der Waals surface area contributed by atoms with Gasteiger partial charge in [0.2, 0.25) is 0 Å². The molecule has 0 aliphatic carbocycles. The molecule has 11 heavy (non-hydrogen) atoms. The summed E-state index contributed by atoms with van der Waals surface area (Å²) >= 11 is 3.39. The Hall–Kier alpha value is -0.510. The maximum atomic E-state index is 5.60. The molecule has 0 aliphatic rings. The van der Waals surface area contributed by atoms with Crippen molar-refractivity contribution in [3.63, 3.8) is 0 Å². The average molecular weight is 218 g/mol. The molecular weight excluding hydrogens is 206 g/mol. The van der Waals surface area contributed by atoms with Gasteiger partial charge >= 0.3 is 0 Å². The summed E-state index contributed by atoms with van der Waals surface area (Å²) in [6.07, 6.45) is 0. The zero-order chi connectivity index (χ0) is 8.59. The van der Waals surface area contributed by atoms with Crippen LogP contribution in [0.3, 0.4) is 0 Å². The highest BCUT2D eigenvalue weighted by atomic mass is 79.9. The highest BCUT2D eigenvalue weighted by Gasteiger charge is 2.13. The molecule has 0 aliphatic heterocycles. The van der Waals surface area contributed by atoms with E-state index in [1.165, 1.54) is 0 Å². The molecule has 0 radical (unpaired) electrons. The minimum atomic E-state index is 0.444. The van der Waals surface area contributed by atoms with E-state index in [4.69, 9.17) is 5.73 Å². The number of aromatic nitrogens is 2. The van der Waals surface area contributed by atoms with Crippen LogP contribution in [0.4, 0.5) is 5.82 Å². The Morgan fingerprint density at radius 3 is 2.27 bits per heavy atom. The standard InChI is InChI=1S/C7H12BrN3/c1-4(2)6-5(8)7(9)10-11(6)3/h4H,1-3H3,(H2,9,10). The van der Waals surface area contributed by atoms with Crippen LogP contribution in [0, 0.1) is 0 Å². The molecule has 1 aromatic heterocycles. The Morgan fingerprint density at radius 1 is 1.55 bits per heavy atom. The van der Waals surface area contributed by atoms with Crippen molar-refractivity contribution in [2.75, 3.05) is 5.73 Å². The van der Waals surface area contributed by atoms with Gasteiger partial charge in [0.1, 0.15) is 0 Å². The third-order valence-electron chi connectivity index (χ3n) is 1.60. The van der Waals surface area contributed by atoms with Crippen molar-refractivity contribution in [2.24, 2.45) is 7.05 Å². The van der Waals surface area contributed by atoms with Crippen LogP contribution in [0.2, 0.25) is 0 Å². The van der Waals surface area contributed by atoms with Gasteiger partial charge in [0.05, 0.1) is 10.2 Å². The summed E-state index contributed by atoms with van der Waals surface area (Å²) in [5, 5.41) is 4.08. The summed E-state index contributed by atoms with van der Waals surface area (Å²) < 4.78 is 2.74. The van der Waals surface area contributed by atoms with E-state index >= 15 is 0 Å². The predicted molar refractivity (Wildman–Crippen MR) is 49.4 cm³/mol. The van der Waals surface area contributed by atoms with Gasteiger partial charge in [0, 0.05) is 7.05 Å². The Bertz CT molecular complexity index is 265. The van der Waals surface area contributed by atoms with E-state index < -0.39 is 0 Å². The molecule has 3 nitrogen and oxygen atoms in total. The zero-order valence-electron chi connectivity index (χ0n) is 6.93. The van der Waals surface area contributed by atoms with Crippen molar-refractivity contribution < 1.29 is 0 Å². The molecule has 0 aromatic carbocycles. The molecule has 0 spiro atoms. The van der Waals surface area contributed by atoms with Crippen LogP contribution in [0.15, 0.2) is 4.47 Å². The van der Waals surface area contributed by atoms with Gasteiger partial charge in [-0.25, -0.2) is 0 Å². The highest BCUT2D eigenvalue weighted by molar-refractivity contribution is 9.10. The lowest BCUT2D eigenvalue weighted by molar-refractivity contribution is 0.669. The zero-order valence-corrected chi connectivity index (χ0v) is 8.51. The lowest BCUT2D eigenvalue weighted by Gasteiger charge is -2.04. The topological polar surface area (TPSA) is 43.8 Å². The number of nitrogens with zero attached hydrogens (tertiary/aromatic N) is 2. The Balaban J connectivity index is 3.22. The molecule has 0 saturated heterocycles. The molecule has 1 rings (SSSR count). The minimum absolute atomic E-state index is 0.444. The van der Waals surface area contributed by atoms with Gasteiger partial charge in [-0.05, 0) is 21.8 Å². The van der Waals surface area contributed by atoms with Crippen LogP contribution in [0.25, 0.3) is 0 Å². The molecule has 0 atom stereocenters. The number of halogens is 1. The number of hydrogen-bond donors (Lipinski definition) is 1. The summed E-state index contributed by atoms with van der Waals surface area (Å²) in [5.74, 6) is 1.01. The minimum Gasteiger partial charge on any atom is -0.381 e. The van der Waals surface area contributed by atoms with E-state index in [0.29, 0.717) is 11.7 Å². The second-order valence-electron chi connectivity index (χ2n) is 2.86. The van der Waals surface area contributed by atoms with Crippen molar-refractivity contribution in [2.45, 2.75) is 19.8 Å². The van der Waals surface area contributed by atoms with Crippen LogP contribution < -0.4 is 5.73 Å². The fourth-order valence-electron chi connectivity index (χ4n) is 1.16. The SMILES string of the molecule is CC(C)c1c(Br)c(N)nn1C. The normalized spacial score (nSPS) is 11.0. The van der Waals surface area contributed by atoms with Crippen molar-refractivity contribution in [3.8, 4) is 0 Å². The molecule has 0 bridgehead atoms. The summed E-state index contributed by atoms with van der Waals surface area (Å²) in [5.41, 5.74) is 6.74. The van der Waals surface area contributed by atoms with E-state index in [1.807, 2.05) is 11.7 Å². The summed E-state index contributed by atoms with van der Waals surface area (Å²) in [7, 11) is 1.90. The predicted octanol–water partition coefficient (Wildman–Crippen LogP) is 1.89. The Labute approximate surface area is 74.7 Å². The van der Waals surface area contributed by atoms with Gasteiger partial charge < -0.3 is 5.73 Å². The van der Waals surface area contributed by atoms with Crippen molar-refractivity contribution in [1.29, 1.82) is 0 Å². The van der Waals surface area contributed by atoms with Gasteiger partial charge in [-0.2, -0.15) is 5.10 Å². The number of anilines is 1. The van der Waals surface area contributed by atoms with Crippen molar-refractivity contribution >= 4 is 21.7 Å². The third-order valence-corrected chi connectivity index (χ3v) is 2.42. The Kier molecular flexibility index (Phi) is 2.23. The maximum absolute atomic E-state index is 5.60. The lowest BCUT2D eigenvalue weighted by atomic mass is 10.1. The molecule has 2 N–H and O–H groups in total. The van der Waals surface area contributed by atoms with Gasteiger partial charge in [0.25, 0.3) is 0 Å². The molecule has 0 amide bonds. The molecular formula is C7H12BrN3. The van der Waals surface area contributed by atoms with E-state index in [-0.39, 0.29) is 0 Å². The van der Waals surface area contributed by atoms with Gasteiger partial charge in [-0.3, -0.25) is 4.68 Å². The van der Waals surface area contributed by atoms with E-state index in [2.05, 4.69) is 34.9 Å². The quantitative estimate of drug-likeness (QED) is 0.782. The number of aryl methyl sites for hydroxylation is 1. The first-order valence-electron chi connectivity index (χ1n) is 3.52. The van der Waals surface area contributed by atoms with Crippen LogP contribution in [-0.4, -0.2) is 9.78 Å². The maximum Gasteiger partial charge on any atom is 0.160 e. The highest BCUT2D eigenvalue weighted by Crippen LogP contribution is 2.28.